The number of fused-ring (bicyclic) bond motifs is 2. The van der Waals surface area contributed by atoms with Crippen LogP contribution in [0.15, 0.2) is 50.8 Å². The monoisotopic (exact) mass is 453 g/mol. The van der Waals surface area contributed by atoms with Gasteiger partial charge < -0.3 is 19.2 Å². The van der Waals surface area contributed by atoms with Gasteiger partial charge in [0.25, 0.3) is 0 Å². The summed E-state index contributed by atoms with van der Waals surface area (Å²) in [6.07, 6.45) is 5.36. The first kappa shape index (κ1) is 20.7. The fourth-order valence-electron chi connectivity index (χ4n) is 4.04. The predicted molar refractivity (Wildman–Crippen MR) is 120 cm³/mol. The molecule has 0 atom stereocenters. The average Bonchev–Trinajstić information content (AvgIpc) is 3.33. The molecule has 0 spiro atoms. The summed E-state index contributed by atoms with van der Waals surface area (Å²) < 4.78 is 18.2. The molecule has 1 aromatic carbocycles. The van der Waals surface area contributed by atoms with E-state index < -0.39 is 0 Å². The maximum Gasteiger partial charge on any atom is 0.349 e. The van der Waals surface area contributed by atoms with E-state index in [1.54, 1.807) is 29.0 Å². The molecule has 3 heterocycles. The average molecular weight is 454 g/mol. The maximum atomic E-state index is 12.8. The van der Waals surface area contributed by atoms with Crippen LogP contribution in [0.5, 0.6) is 11.5 Å². The first-order chi connectivity index (χ1) is 15.7. The Hall–Kier alpha value is -3.20. The highest BCUT2D eigenvalue weighted by Gasteiger charge is 2.22. The summed E-state index contributed by atoms with van der Waals surface area (Å²) in [4.78, 5) is 29.7. The number of anilines is 1. The number of carbonyl (C=O) groups is 1. The zero-order chi connectivity index (χ0) is 21.9. The van der Waals surface area contributed by atoms with Crippen LogP contribution in [0.25, 0.3) is 0 Å². The normalized spacial score (nSPS) is 14.6. The highest BCUT2D eigenvalue weighted by molar-refractivity contribution is 8.00. The Bertz CT molecular complexity index is 1190. The van der Waals surface area contributed by atoms with Crippen molar-refractivity contribution in [3.63, 3.8) is 0 Å². The van der Waals surface area contributed by atoms with Gasteiger partial charge in [-0.3, -0.25) is 9.36 Å². The van der Waals surface area contributed by atoms with Gasteiger partial charge in [0.05, 0.1) is 18.6 Å². The van der Waals surface area contributed by atoms with Gasteiger partial charge in [-0.2, -0.15) is 4.98 Å². The van der Waals surface area contributed by atoms with E-state index in [0.29, 0.717) is 42.0 Å². The Morgan fingerprint density at radius 1 is 1.12 bits per heavy atom. The van der Waals surface area contributed by atoms with Gasteiger partial charge in [0.15, 0.2) is 11.5 Å². The molecule has 2 aromatic heterocycles. The molecule has 0 radical (unpaired) electrons. The third-order valence-corrected chi connectivity index (χ3v) is 6.53. The van der Waals surface area contributed by atoms with Crippen molar-refractivity contribution in [2.24, 2.45) is 0 Å². The molecule has 5 rings (SSSR count). The molecular weight excluding hydrogens is 430 g/mol. The van der Waals surface area contributed by atoms with Crippen LogP contribution in [0.1, 0.15) is 29.9 Å². The topological polar surface area (TPSA) is 95.6 Å². The summed E-state index contributed by atoms with van der Waals surface area (Å²) >= 11 is 1.31. The van der Waals surface area contributed by atoms with Gasteiger partial charge in [-0.1, -0.05) is 11.8 Å². The number of hydrogen-bond donors (Lipinski definition) is 1. The Morgan fingerprint density at radius 2 is 1.97 bits per heavy atom. The summed E-state index contributed by atoms with van der Waals surface area (Å²) in [6.45, 7) is 1.38. The Balaban J connectivity index is 1.30. The smallest absolute Gasteiger partial charge is 0.349 e. The molecule has 2 aliphatic rings. The van der Waals surface area contributed by atoms with E-state index in [4.69, 9.17) is 13.9 Å². The van der Waals surface area contributed by atoms with Gasteiger partial charge in [0.2, 0.25) is 5.91 Å². The second-order valence-corrected chi connectivity index (χ2v) is 8.66. The lowest BCUT2D eigenvalue weighted by Crippen LogP contribution is -2.30. The molecule has 1 aliphatic carbocycles. The zero-order valence-electron chi connectivity index (χ0n) is 17.5. The van der Waals surface area contributed by atoms with Crippen LogP contribution >= 0.6 is 11.8 Å². The first-order valence-corrected chi connectivity index (χ1v) is 11.6. The second kappa shape index (κ2) is 9.12. The molecule has 3 aromatic rings. The molecule has 0 saturated heterocycles. The number of nitrogens with zero attached hydrogens (tertiary/aromatic N) is 2. The molecule has 166 valence electrons. The number of hydrogen-bond acceptors (Lipinski definition) is 7. The predicted octanol–water partition coefficient (Wildman–Crippen LogP) is 3.27. The fourth-order valence-corrected chi connectivity index (χ4v) is 4.92. The molecule has 1 aliphatic heterocycles. The van der Waals surface area contributed by atoms with E-state index >= 15 is 0 Å². The number of furan rings is 1. The van der Waals surface area contributed by atoms with Crippen LogP contribution in [0.2, 0.25) is 0 Å². The SMILES string of the molecule is O=C(CSc1nc(=O)n(Cc2ccco2)c2c1CCCC2)Nc1ccc2c(c1)OCCO2. The van der Waals surface area contributed by atoms with Crippen molar-refractivity contribution in [3.05, 3.63) is 64.1 Å². The van der Waals surface area contributed by atoms with Crippen molar-refractivity contribution in [1.29, 1.82) is 0 Å². The molecule has 8 nitrogen and oxygen atoms in total. The lowest BCUT2D eigenvalue weighted by Gasteiger charge is -2.22. The largest absolute Gasteiger partial charge is 0.486 e. The standard InChI is InChI=1S/C23H23N3O5S/c27-21(24-15-7-8-19-20(12-15)31-11-10-30-19)14-32-22-17-5-1-2-6-18(17)26(23(28)25-22)13-16-4-3-9-29-16/h3-4,7-9,12H,1-2,5-6,10-11,13-14H2,(H,24,27). The van der Waals surface area contributed by atoms with Crippen LogP contribution in [-0.2, 0) is 24.2 Å². The summed E-state index contributed by atoms with van der Waals surface area (Å²) in [5.41, 5.74) is 2.41. The van der Waals surface area contributed by atoms with Crippen molar-refractivity contribution in [2.45, 2.75) is 37.3 Å². The van der Waals surface area contributed by atoms with Gasteiger partial charge in [-0.25, -0.2) is 4.79 Å². The second-order valence-electron chi connectivity index (χ2n) is 7.69. The molecule has 0 bridgehead atoms. The minimum Gasteiger partial charge on any atom is -0.486 e. The van der Waals surface area contributed by atoms with Crippen molar-refractivity contribution >= 4 is 23.4 Å². The molecule has 1 N–H and O–H groups in total. The van der Waals surface area contributed by atoms with Gasteiger partial charge in [0, 0.05) is 23.0 Å². The number of benzene rings is 1. The number of amides is 1. The number of nitrogens with one attached hydrogen (secondary N) is 1. The number of aromatic nitrogens is 2. The third-order valence-electron chi connectivity index (χ3n) is 5.51. The number of ether oxygens (including phenoxy) is 2. The molecule has 32 heavy (non-hydrogen) atoms. The quantitative estimate of drug-likeness (QED) is 0.452. The van der Waals surface area contributed by atoms with Crippen LogP contribution in [0, 0.1) is 0 Å². The minimum atomic E-state index is -0.309. The molecule has 9 heteroatoms. The minimum absolute atomic E-state index is 0.162. The number of carbonyl (C=O) groups excluding carboxylic acids is 1. The van der Waals surface area contributed by atoms with Crippen LogP contribution in [-0.4, -0.2) is 34.4 Å². The van der Waals surface area contributed by atoms with Crippen molar-refractivity contribution in [1.82, 2.24) is 9.55 Å². The van der Waals surface area contributed by atoms with Gasteiger partial charge in [-0.05, 0) is 49.9 Å². The highest BCUT2D eigenvalue weighted by Crippen LogP contribution is 2.33. The summed E-state index contributed by atoms with van der Waals surface area (Å²) in [5.74, 6) is 2.01. The van der Waals surface area contributed by atoms with E-state index in [9.17, 15) is 9.59 Å². The van der Waals surface area contributed by atoms with Crippen LogP contribution in [0.3, 0.4) is 0 Å². The number of rotatable bonds is 6. The third kappa shape index (κ3) is 4.38. The summed E-state index contributed by atoms with van der Waals surface area (Å²) in [7, 11) is 0. The number of thioether (sulfide) groups is 1. The van der Waals surface area contributed by atoms with Crippen LogP contribution in [0.4, 0.5) is 5.69 Å². The summed E-state index contributed by atoms with van der Waals surface area (Å²) in [6, 6.07) is 8.99. The zero-order valence-corrected chi connectivity index (χ0v) is 18.3. The van der Waals surface area contributed by atoms with E-state index in [2.05, 4.69) is 10.3 Å². The Kier molecular flexibility index (Phi) is 5.89. The Labute approximate surface area is 188 Å². The van der Waals surface area contributed by atoms with E-state index in [1.807, 2.05) is 12.1 Å². The van der Waals surface area contributed by atoms with Crippen molar-refractivity contribution in [3.8, 4) is 11.5 Å². The Morgan fingerprint density at radius 3 is 2.81 bits per heavy atom. The maximum absolute atomic E-state index is 12.8. The van der Waals surface area contributed by atoms with Gasteiger partial charge in [0.1, 0.15) is 24.0 Å². The first-order valence-electron chi connectivity index (χ1n) is 10.6. The van der Waals surface area contributed by atoms with Crippen molar-refractivity contribution < 1.29 is 18.7 Å². The molecular formula is C23H23N3O5S. The highest BCUT2D eigenvalue weighted by atomic mass is 32.2. The van der Waals surface area contributed by atoms with E-state index in [0.717, 1.165) is 42.7 Å². The molecule has 1 amide bonds. The van der Waals surface area contributed by atoms with E-state index in [-0.39, 0.29) is 17.3 Å². The van der Waals surface area contributed by atoms with E-state index in [1.165, 1.54) is 11.8 Å². The fraction of sp³-hybridized carbons (Fsp3) is 0.348. The molecule has 0 fully saturated rings. The summed E-state index contributed by atoms with van der Waals surface area (Å²) in [5, 5.41) is 3.53. The van der Waals surface area contributed by atoms with Gasteiger partial charge >= 0.3 is 5.69 Å². The molecule has 0 saturated carbocycles. The van der Waals surface area contributed by atoms with Gasteiger partial charge in [-0.15, -0.1) is 0 Å². The molecule has 0 unspecified atom stereocenters. The van der Waals surface area contributed by atoms with Crippen molar-refractivity contribution in [2.75, 3.05) is 24.3 Å². The van der Waals surface area contributed by atoms with Crippen LogP contribution < -0.4 is 20.5 Å². The lowest BCUT2D eigenvalue weighted by molar-refractivity contribution is -0.113. The lowest BCUT2D eigenvalue weighted by atomic mass is 9.97.